The Labute approximate surface area is 76.1 Å². The third-order valence-electron chi connectivity index (χ3n) is 2.36. The molecule has 0 aromatic rings. The van der Waals surface area contributed by atoms with Crippen LogP contribution in [0.5, 0.6) is 0 Å². The number of nitrogens with one attached hydrogen (secondary N) is 1. The molecule has 0 aromatic carbocycles. The summed E-state index contributed by atoms with van der Waals surface area (Å²) in [6.07, 6.45) is -3.93. The molecular weight excluding hydrogens is 181 g/mol. The zero-order chi connectivity index (χ0) is 9.90. The maximum Gasteiger partial charge on any atom is 0.404 e. The molecule has 78 valence electrons. The Morgan fingerprint density at radius 1 is 1.31 bits per heavy atom. The van der Waals surface area contributed by atoms with E-state index in [-0.39, 0.29) is 6.42 Å². The van der Waals surface area contributed by atoms with Gasteiger partial charge in [-0.25, -0.2) is 0 Å². The van der Waals surface area contributed by atoms with E-state index in [1.165, 1.54) is 4.90 Å². The minimum absolute atomic E-state index is 0.142. The summed E-state index contributed by atoms with van der Waals surface area (Å²) in [7, 11) is 0. The fourth-order valence-electron chi connectivity index (χ4n) is 1.69. The van der Waals surface area contributed by atoms with Crippen molar-refractivity contribution in [3.05, 3.63) is 0 Å². The summed E-state index contributed by atoms with van der Waals surface area (Å²) in [5.41, 5.74) is 0. The Kier molecular flexibility index (Phi) is 3.55. The van der Waals surface area contributed by atoms with Gasteiger partial charge in [0, 0.05) is 26.2 Å². The van der Waals surface area contributed by atoms with Crippen molar-refractivity contribution in [1.29, 1.82) is 0 Å². The molecule has 1 aliphatic heterocycles. The first-order valence-electron chi connectivity index (χ1n) is 4.57. The third kappa shape index (κ3) is 2.84. The summed E-state index contributed by atoms with van der Waals surface area (Å²) >= 11 is 0. The summed E-state index contributed by atoms with van der Waals surface area (Å²) in [5.74, 6) is 0. The van der Waals surface area contributed by atoms with E-state index in [1.807, 2.05) is 0 Å². The van der Waals surface area contributed by atoms with Crippen LogP contribution in [0.3, 0.4) is 0 Å². The fraction of sp³-hybridized carbons (Fsp3) is 1.00. The monoisotopic (exact) mass is 196 g/mol. The van der Waals surface area contributed by atoms with Gasteiger partial charge in [-0.05, 0) is 6.42 Å². The van der Waals surface area contributed by atoms with E-state index in [2.05, 4.69) is 5.32 Å². The second-order valence-electron chi connectivity index (χ2n) is 3.25. The molecule has 1 saturated heterocycles. The predicted molar refractivity (Wildman–Crippen MR) is 44.6 cm³/mol. The normalized spacial score (nSPS) is 23.1. The topological polar surface area (TPSA) is 15.3 Å². The quantitative estimate of drug-likeness (QED) is 0.714. The molecule has 1 N–H and O–H groups in total. The Balaban J connectivity index is 2.54. The number of piperazine rings is 1. The number of rotatable bonds is 2. The largest absolute Gasteiger partial charge is 0.404 e. The molecule has 1 aliphatic rings. The van der Waals surface area contributed by atoms with Crippen LogP contribution >= 0.6 is 0 Å². The van der Waals surface area contributed by atoms with Crippen LogP contribution in [-0.4, -0.2) is 43.3 Å². The standard InChI is InChI=1S/C8H15F3N2/c1-2-7(8(9,10)11)13-5-3-12-4-6-13/h7,12H,2-6H2,1H3/t7-/m0/s1. The Morgan fingerprint density at radius 3 is 2.23 bits per heavy atom. The smallest absolute Gasteiger partial charge is 0.314 e. The molecule has 2 nitrogen and oxygen atoms in total. The number of hydrogen-bond acceptors (Lipinski definition) is 2. The average Bonchev–Trinajstić information content (AvgIpc) is 2.05. The Morgan fingerprint density at radius 2 is 1.85 bits per heavy atom. The van der Waals surface area contributed by atoms with Gasteiger partial charge in [-0.15, -0.1) is 0 Å². The molecule has 5 heteroatoms. The van der Waals surface area contributed by atoms with Gasteiger partial charge < -0.3 is 5.32 Å². The first kappa shape index (κ1) is 10.8. The van der Waals surface area contributed by atoms with Crippen molar-refractivity contribution in [2.24, 2.45) is 0 Å². The van der Waals surface area contributed by atoms with Gasteiger partial charge in [0.15, 0.2) is 0 Å². The van der Waals surface area contributed by atoms with Gasteiger partial charge in [0.25, 0.3) is 0 Å². The van der Waals surface area contributed by atoms with E-state index >= 15 is 0 Å². The van der Waals surface area contributed by atoms with Gasteiger partial charge in [0.1, 0.15) is 6.04 Å². The van der Waals surface area contributed by atoms with E-state index in [1.54, 1.807) is 6.92 Å². The molecule has 1 atom stereocenters. The first-order chi connectivity index (χ1) is 6.05. The third-order valence-corrected chi connectivity index (χ3v) is 2.36. The van der Waals surface area contributed by atoms with Crippen LogP contribution in [0.15, 0.2) is 0 Å². The zero-order valence-corrected chi connectivity index (χ0v) is 7.69. The van der Waals surface area contributed by atoms with Crippen LogP contribution < -0.4 is 5.32 Å². The summed E-state index contributed by atoms with van der Waals surface area (Å²) in [4.78, 5) is 1.51. The SMILES string of the molecule is CC[C@H](N1CCNCC1)C(F)(F)F. The molecular formula is C8H15F3N2. The van der Waals surface area contributed by atoms with Crippen LogP contribution in [0.2, 0.25) is 0 Å². The predicted octanol–water partition coefficient (Wildman–Crippen LogP) is 1.23. The first-order valence-corrected chi connectivity index (χ1v) is 4.57. The molecule has 0 radical (unpaired) electrons. The highest BCUT2D eigenvalue weighted by Gasteiger charge is 2.42. The lowest BCUT2D eigenvalue weighted by Gasteiger charge is -2.35. The van der Waals surface area contributed by atoms with E-state index in [0.717, 1.165) is 0 Å². The zero-order valence-electron chi connectivity index (χ0n) is 7.69. The van der Waals surface area contributed by atoms with Crippen molar-refractivity contribution < 1.29 is 13.2 Å². The second kappa shape index (κ2) is 4.28. The molecule has 1 rings (SSSR count). The Bertz CT molecular complexity index is 152. The van der Waals surface area contributed by atoms with Gasteiger partial charge in [-0.2, -0.15) is 13.2 Å². The van der Waals surface area contributed by atoms with Gasteiger partial charge >= 0.3 is 6.18 Å². The van der Waals surface area contributed by atoms with Crippen molar-refractivity contribution in [3.63, 3.8) is 0 Å². The number of halogens is 3. The molecule has 1 heterocycles. The summed E-state index contributed by atoms with van der Waals surface area (Å²) in [5, 5.41) is 3.04. The van der Waals surface area contributed by atoms with Gasteiger partial charge in [0.2, 0.25) is 0 Å². The summed E-state index contributed by atoms with van der Waals surface area (Å²) in [6, 6.07) is -1.26. The number of hydrogen-bond donors (Lipinski definition) is 1. The lowest BCUT2D eigenvalue weighted by atomic mass is 10.1. The van der Waals surface area contributed by atoms with Crippen molar-refractivity contribution >= 4 is 0 Å². The van der Waals surface area contributed by atoms with Gasteiger partial charge in [0.05, 0.1) is 0 Å². The number of alkyl halides is 3. The minimum atomic E-state index is -4.08. The van der Waals surface area contributed by atoms with Crippen LogP contribution in [0.4, 0.5) is 13.2 Å². The highest BCUT2D eigenvalue weighted by atomic mass is 19.4. The second-order valence-corrected chi connectivity index (χ2v) is 3.25. The van der Waals surface area contributed by atoms with Crippen molar-refractivity contribution in [3.8, 4) is 0 Å². The highest BCUT2D eigenvalue weighted by molar-refractivity contribution is 4.80. The molecule has 0 amide bonds. The highest BCUT2D eigenvalue weighted by Crippen LogP contribution is 2.27. The van der Waals surface area contributed by atoms with Crippen molar-refractivity contribution in [2.75, 3.05) is 26.2 Å². The molecule has 1 fully saturated rings. The molecule has 13 heavy (non-hydrogen) atoms. The maximum atomic E-state index is 12.4. The van der Waals surface area contributed by atoms with Crippen LogP contribution in [0.1, 0.15) is 13.3 Å². The van der Waals surface area contributed by atoms with Gasteiger partial charge in [-0.3, -0.25) is 4.90 Å². The van der Waals surface area contributed by atoms with E-state index < -0.39 is 12.2 Å². The van der Waals surface area contributed by atoms with E-state index in [4.69, 9.17) is 0 Å². The molecule has 0 bridgehead atoms. The van der Waals surface area contributed by atoms with E-state index in [9.17, 15) is 13.2 Å². The Hall–Kier alpha value is -0.290. The lowest BCUT2D eigenvalue weighted by molar-refractivity contribution is -0.185. The molecule has 0 spiro atoms. The van der Waals surface area contributed by atoms with E-state index in [0.29, 0.717) is 26.2 Å². The number of nitrogens with zero attached hydrogens (tertiary/aromatic N) is 1. The van der Waals surface area contributed by atoms with Crippen molar-refractivity contribution in [2.45, 2.75) is 25.6 Å². The average molecular weight is 196 g/mol. The fourth-order valence-corrected chi connectivity index (χ4v) is 1.69. The maximum absolute atomic E-state index is 12.4. The molecule has 0 unspecified atom stereocenters. The minimum Gasteiger partial charge on any atom is -0.314 e. The molecule has 0 aromatic heterocycles. The van der Waals surface area contributed by atoms with Crippen LogP contribution in [0.25, 0.3) is 0 Å². The van der Waals surface area contributed by atoms with Crippen molar-refractivity contribution in [1.82, 2.24) is 10.2 Å². The summed E-state index contributed by atoms with van der Waals surface area (Å²) in [6.45, 7) is 3.90. The van der Waals surface area contributed by atoms with Crippen LogP contribution in [0, 0.1) is 0 Å². The van der Waals surface area contributed by atoms with Crippen LogP contribution in [-0.2, 0) is 0 Å². The molecule has 0 aliphatic carbocycles. The molecule has 0 saturated carbocycles. The summed E-state index contributed by atoms with van der Waals surface area (Å²) < 4.78 is 37.3. The lowest BCUT2D eigenvalue weighted by Crippen LogP contribution is -2.53. The van der Waals surface area contributed by atoms with Gasteiger partial charge in [-0.1, -0.05) is 6.92 Å².